The van der Waals surface area contributed by atoms with Crippen molar-refractivity contribution in [2.45, 2.75) is 24.5 Å². The lowest BCUT2D eigenvalue weighted by Crippen LogP contribution is -2.33. The second kappa shape index (κ2) is 6.18. The molecule has 130 valence electrons. The Balaban J connectivity index is 2.20. The van der Waals surface area contributed by atoms with E-state index >= 15 is 0 Å². The number of nitrogens with zero attached hydrogens (tertiary/aromatic N) is 4. The number of amidine groups is 1. The maximum atomic E-state index is 10.2. The molecule has 12 heteroatoms. The monoisotopic (exact) mass is 338 g/mol. The van der Waals surface area contributed by atoms with Crippen LogP contribution >= 0.6 is 0 Å². The molecule has 24 heavy (non-hydrogen) atoms. The number of nitrogens with two attached hydrogens (primary N) is 3. The van der Waals surface area contributed by atoms with Crippen molar-refractivity contribution < 1.29 is 20.1 Å². The van der Waals surface area contributed by atoms with Crippen LogP contribution in [-0.4, -0.2) is 60.6 Å². The largest absolute Gasteiger partial charge is 0.394 e. The summed E-state index contributed by atoms with van der Waals surface area (Å²) in [6, 6.07) is 0. The standard InChI is InChI=1S/C12H18N8O4/c13-9(18-14)4-1-20(11-6(4)10(19-15)16-3-17-11)12-8(23)7(22)5(2-21)24-12/h1,3,5,7-8,12,21-23H,2,14-15H2,(H2,13,18)(H,16,17,19)/t5-,7-,8-,12-/m1/s1. The Morgan fingerprint density at radius 1 is 1.38 bits per heavy atom. The molecular weight excluding hydrogens is 320 g/mol. The number of fused-ring (bicyclic) bond motifs is 1. The molecule has 0 saturated carbocycles. The van der Waals surface area contributed by atoms with E-state index in [4.69, 9.17) is 22.2 Å². The summed E-state index contributed by atoms with van der Waals surface area (Å²) in [6.45, 7) is -0.447. The van der Waals surface area contributed by atoms with Gasteiger partial charge < -0.3 is 41.6 Å². The second-order valence-electron chi connectivity index (χ2n) is 5.26. The summed E-state index contributed by atoms with van der Waals surface area (Å²) in [5, 5.41) is 33.3. The first kappa shape index (κ1) is 16.4. The first-order valence-electron chi connectivity index (χ1n) is 7.01. The van der Waals surface area contributed by atoms with Gasteiger partial charge in [-0.1, -0.05) is 0 Å². The molecule has 12 nitrogen and oxygen atoms in total. The molecule has 1 saturated heterocycles. The maximum absolute atomic E-state index is 10.2. The molecule has 2 aromatic rings. The van der Waals surface area contributed by atoms with E-state index in [1.54, 1.807) is 0 Å². The van der Waals surface area contributed by atoms with Crippen LogP contribution in [-0.2, 0) is 4.74 Å². The number of hydrazone groups is 1. The number of anilines is 1. The van der Waals surface area contributed by atoms with Crippen molar-refractivity contribution in [3.05, 3.63) is 18.1 Å². The fourth-order valence-corrected chi connectivity index (χ4v) is 2.76. The maximum Gasteiger partial charge on any atom is 0.164 e. The minimum atomic E-state index is -1.29. The fourth-order valence-electron chi connectivity index (χ4n) is 2.76. The summed E-state index contributed by atoms with van der Waals surface area (Å²) in [5.41, 5.74) is 8.93. The SMILES string of the molecule is N/N=C(/N)c1cn([C@@H]2O[C@H](CO)[C@@H](O)[C@H]2O)c2ncnc(NN)c12. The summed E-state index contributed by atoms with van der Waals surface area (Å²) in [5.74, 6) is 11.0. The van der Waals surface area contributed by atoms with Gasteiger partial charge in [-0.2, -0.15) is 5.10 Å². The number of rotatable bonds is 4. The molecule has 1 aliphatic heterocycles. The third kappa shape index (κ3) is 2.33. The zero-order valence-electron chi connectivity index (χ0n) is 12.4. The van der Waals surface area contributed by atoms with Gasteiger partial charge in [0.15, 0.2) is 17.9 Å². The lowest BCUT2D eigenvalue weighted by atomic mass is 10.1. The van der Waals surface area contributed by atoms with Crippen LogP contribution in [0.5, 0.6) is 0 Å². The molecule has 0 radical (unpaired) electrons. The normalized spacial score (nSPS) is 27.8. The summed E-state index contributed by atoms with van der Waals surface area (Å²) in [6.07, 6.45) is -1.71. The van der Waals surface area contributed by atoms with Gasteiger partial charge in [-0.05, 0) is 0 Å². The molecule has 0 bridgehead atoms. The van der Waals surface area contributed by atoms with Crippen LogP contribution in [0.1, 0.15) is 11.8 Å². The van der Waals surface area contributed by atoms with Crippen LogP contribution in [0.2, 0.25) is 0 Å². The van der Waals surface area contributed by atoms with Gasteiger partial charge in [0.25, 0.3) is 0 Å². The van der Waals surface area contributed by atoms with Crippen LogP contribution in [0, 0.1) is 0 Å². The Kier molecular flexibility index (Phi) is 4.21. The quantitative estimate of drug-likeness (QED) is 0.129. The minimum absolute atomic E-state index is 0.00297. The molecule has 0 spiro atoms. The van der Waals surface area contributed by atoms with E-state index in [0.717, 1.165) is 0 Å². The molecule has 0 aromatic carbocycles. The summed E-state index contributed by atoms with van der Waals surface area (Å²) >= 11 is 0. The number of aliphatic hydroxyl groups excluding tert-OH is 3. The van der Waals surface area contributed by atoms with Crippen LogP contribution in [0.15, 0.2) is 17.6 Å². The predicted molar refractivity (Wildman–Crippen MR) is 83.3 cm³/mol. The smallest absolute Gasteiger partial charge is 0.164 e. The van der Waals surface area contributed by atoms with Gasteiger partial charge in [0.2, 0.25) is 0 Å². The minimum Gasteiger partial charge on any atom is -0.394 e. The highest BCUT2D eigenvalue weighted by molar-refractivity contribution is 6.11. The zero-order chi connectivity index (χ0) is 17.4. The summed E-state index contributed by atoms with van der Waals surface area (Å²) < 4.78 is 6.97. The lowest BCUT2D eigenvalue weighted by molar-refractivity contribution is -0.0508. The molecule has 0 aliphatic carbocycles. The van der Waals surface area contributed by atoms with Gasteiger partial charge in [0, 0.05) is 11.8 Å². The topological polar surface area (TPSA) is 203 Å². The Bertz CT molecular complexity index is 778. The van der Waals surface area contributed by atoms with E-state index in [9.17, 15) is 15.3 Å². The third-order valence-corrected chi connectivity index (χ3v) is 3.95. The number of hydrogen-bond donors (Lipinski definition) is 7. The average Bonchev–Trinajstić information content (AvgIpc) is 3.12. The van der Waals surface area contributed by atoms with E-state index in [1.165, 1.54) is 17.1 Å². The highest BCUT2D eigenvalue weighted by Gasteiger charge is 2.44. The summed E-state index contributed by atoms with van der Waals surface area (Å²) in [7, 11) is 0. The molecule has 10 N–H and O–H groups in total. The molecular formula is C12H18N8O4. The van der Waals surface area contributed by atoms with E-state index in [1.807, 2.05) is 0 Å². The van der Waals surface area contributed by atoms with Crippen molar-refractivity contribution in [2.24, 2.45) is 22.5 Å². The van der Waals surface area contributed by atoms with Gasteiger partial charge in [-0.15, -0.1) is 0 Å². The van der Waals surface area contributed by atoms with Gasteiger partial charge in [-0.25, -0.2) is 15.8 Å². The Morgan fingerprint density at radius 3 is 2.71 bits per heavy atom. The van der Waals surface area contributed by atoms with Gasteiger partial charge >= 0.3 is 0 Å². The first-order valence-corrected chi connectivity index (χ1v) is 7.01. The van der Waals surface area contributed by atoms with Gasteiger partial charge in [0.1, 0.15) is 30.3 Å². The number of hydrogen-bond acceptors (Lipinski definition) is 10. The van der Waals surface area contributed by atoms with Crippen molar-refractivity contribution in [1.29, 1.82) is 0 Å². The molecule has 3 heterocycles. The van der Waals surface area contributed by atoms with Crippen molar-refractivity contribution >= 4 is 22.7 Å². The van der Waals surface area contributed by atoms with Crippen molar-refractivity contribution in [2.75, 3.05) is 12.0 Å². The highest BCUT2D eigenvalue weighted by Crippen LogP contribution is 2.34. The number of nitrogen functional groups attached to an aromatic ring is 1. The molecule has 0 amide bonds. The van der Waals surface area contributed by atoms with E-state index in [0.29, 0.717) is 16.6 Å². The fraction of sp³-hybridized carbons (Fsp3) is 0.417. The van der Waals surface area contributed by atoms with Gasteiger partial charge in [0.05, 0.1) is 12.0 Å². The summed E-state index contributed by atoms with van der Waals surface area (Å²) in [4.78, 5) is 8.15. The van der Waals surface area contributed by atoms with Crippen LogP contribution in [0.3, 0.4) is 0 Å². The van der Waals surface area contributed by atoms with E-state index in [2.05, 4.69) is 20.5 Å². The number of hydrazine groups is 1. The van der Waals surface area contributed by atoms with Crippen molar-refractivity contribution in [1.82, 2.24) is 14.5 Å². The van der Waals surface area contributed by atoms with Gasteiger partial charge in [-0.3, -0.25) is 0 Å². The van der Waals surface area contributed by atoms with Crippen molar-refractivity contribution in [3.8, 4) is 0 Å². The second-order valence-corrected chi connectivity index (χ2v) is 5.26. The highest BCUT2D eigenvalue weighted by atomic mass is 16.6. The number of ether oxygens (including phenoxy) is 1. The Morgan fingerprint density at radius 2 is 2.12 bits per heavy atom. The lowest BCUT2D eigenvalue weighted by Gasteiger charge is -2.17. The number of nitrogens with one attached hydrogen (secondary N) is 1. The molecule has 0 unspecified atom stereocenters. The average molecular weight is 338 g/mol. The van der Waals surface area contributed by atoms with Crippen LogP contribution < -0.4 is 22.8 Å². The molecule has 3 rings (SSSR count). The Hall–Kier alpha value is -2.51. The molecule has 4 atom stereocenters. The van der Waals surface area contributed by atoms with Crippen LogP contribution in [0.4, 0.5) is 5.82 Å². The number of aromatic nitrogens is 3. The Labute approximate surface area is 135 Å². The van der Waals surface area contributed by atoms with E-state index in [-0.39, 0.29) is 11.7 Å². The molecule has 2 aromatic heterocycles. The number of aliphatic hydroxyl groups is 3. The molecule has 1 aliphatic rings. The zero-order valence-corrected chi connectivity index (χ0v) is 12.4. The first-order chi connectivity index (χ1) is 11.5. The van der Waals surface area contributed by atoms with E-state index < -0.39 is 31.1 Å². The predicted octanol–water partition coefficient (Wildman–Crippen LogP) is -3.09. The van der Waals surface area contributed by atoms with Crippen molar-refractivity contribution in [3.63, 3.8) is 0 Å². The van der Waals surface area contributed by atoms with Crippen LogP contribution in [0.25, 0.3) is 11.0 Å². The molecule has 1 fully saturated rings. The third-order valence-electron chi connectivity index (χ3n) is 3.95.